The molecular formula is C22H29BrF4. The fraction of sp³-hybridized carbons (Fsp3) is 0.727. The van der Waals surface area contributed by atoms with Crippen molar-refractivity contribution in [2.45, 2.75) is 81.9 Å². The monoisotopic (exact) mass is 448 g/mol. The van der Waals surface area contributed by atoms with E-state index in [1.807, 2.05) is 0 Å². The molecular weight excluding hydrogens is 420 g/mol. The Morgan fingerprint density at radius 1 is 0.889 bits per heavy atom. The van der Waals surface area contributed by atoms with Crippen molar-refractivity contribution in [3.8, 4) is 0 Å². The Morgan fingerprint density at radius 3 is 1.81 bits per heavy atom. The first-order valence-corrected chi connectivity index (χ1v) is 11.1. The lowest BCUT2D eigenvalue weighted by Gasteiger charge is -2.38. The molecule has 2 aliphatic rings. The van der Waals surface area contributed by atoms with Gasteiger partial charge in [-0.3, -0.25) is 0 Å². The molecule has 2 saturated carbocycles. The van der Waals surface area contributed by atoms with Crippen LogP contribution in [0.25, 0.3) is 0 Å². The highest BCUT2D eigenvalue weighted by molar-refractivity contribution is 9.09. The summed E-state index contributed by atoms with van der Waals surface area (Å²) in [5.41, 5.74) is -0.667. The Labute approximate surface area is 168 Å². The van der Waals surface area contributed by atoms with Crippen LogP contribution in [0.4, 0.5) is 17.6 Å². The minimum absolute atomic E-state index is 0.0691. The van der Waals surface area contributed by atoms with Crippen LogP contribution in [0.2, 0.25) is 0 Å². The Kier molecular flexibility index (Phi) is 6.92. The first-order valence-electron chi connectivity index (χ1n) is 10.4. The highest BCUT2D eigenvalue weighted by Crippen LogP contribution is 2.45. The van der Waals surface area contributed by atoms with E-state index < -0.39 is 22.0 Å². The van der Waals surface area contributed by atoms with Gasteiger partial charge in [-0.15, -0.1) is 0 Å². The van der Waals surface area contributed by atoms with E-state index in [4.69, 9.17) is 0 Å². The molecule has 5 heteroatoms. The van der Waals surface area contributed by atoms with Crippen molar-refractivity contribution in [1.82, 2.24) is 0 Å². The molecule has 0 aromatic heterocycles. The van der Waals surface area contributed by atoms with Crippen molar-refractivity contribution >= 4 is 15.9 Å². The highest BCUT2D eigenvalue weighted by atomic mass is 79.9. The molecule has 0 N–H and O–H groups in total. The summed E-state index contributed by atoms with van der Waals surface area (Å²) in [4.78, 5) is -3.69. The molecule has 3 rings (SSSR count). The summed E-state index contributed by atoms with van der Waals surface area (Å²) in [6.07, 6.45) is 11.9. The van der Waals surface area contributed by atoms with Gasteiger partial charge in [0, 0.05) is 0 Å². The van der Waals surface area contributed by atoms with Gasteiger partial charge in [-0.05, 0) is 95.8 Å². The first kappa shape index (κ1) is 21.1. The molecule has 0 radical (unpaired) electrons. The number of hydrogen-bond acceptors (Lipinski definition) is 0. The zero-order valence-electron chi connectivity index (χ0n) is 15.9. The van der Waals surface area contributed by atoms with Crippen LogP contribution >= 0.6 is 15.9 Å². The van der Waals surface area contributed by atoms with Gasteiger partial charge in [-0.1, -0.05) is 32.6 Å². The van der Waals surface area contributed by atoms with Crippen LogP contribution in [0, 0.1) is 29.4 Å². The van der Waals surface area contributed by atoms with Gasteiger partial charge in [0.1, 0.15) is 17.2 Å². The van der Waals surface area contributed by atoms with Gasteiger partial charge in [0.25, 0.3) is 0 Å². The van der Waals surface area contributed by atoms with E-state index in [2.05, 4.69) is 22.9 Å². The van der Waals surface area contributed by atoms with Crippen molar-refractivity contribution < 1.29 is 17.6 Å². The normalized spacial score (nSPS) is 29.7. The third kappa shape index (κ3) is 5.07. The molecule has 1 aromatic carbocycles. The molecule has 0 amide bonds. The Balaban J connectivity index is 1.58. The second-order valence-electron chi connectivity index (χ2n) is 8.54. The van der Waals surface area contributed by atoms with Crippen molar-refractivity contribution in [2.75, 3.05) is 0 Å². The van der Waals surface area contributed by atoms with Crippen molar-refractivity contribution in [1.29, 1.82) is 0 Å². The standard InChI is InChI=1S/C22H29BrF4/c1-2-3-14-4-6-15(7-5-14)16-8-10-17(11-9-16)18-12-19(24)21(20(25)13-18)22(23,26)27/h12-17H,2-11H2,1H3. The molecule has 1 aromatic rings. The second-order valence-corrected chi connectivity index (χ2v) is 9.53. The summed E-state index contributed by atoms with van der Waals surface area (Å²) < 4.78 is 54.8. The van der Waals surface area contributed by atoms with E-state index in [0.717, 1.165) is 49.7 Å². The minimum Gasteiger partial charge on any atom is -0.206 e. The van der Waals surface area contributed by atoms with Crippen molar-refractivity contribution in [3.05, 3.63) is 34.9 Å². The molecule has 0 nitrogen and oxygen atoms in total. The summed E-state index contributed by atoms with van der Waals surface area (Å²) in [6, 6.07) is 2.21. The number of hydrogen-bond donors (Lipinski definition) is 0. The number of benzene rings is 1. The van der Waals surface area contributed by atoms with Gasteiger partial charge in [0.05, 0.1) is 0 Å². The topological polar surface area (TPSA) is 0 Å². The lowest BCUT2D eigenvalue weighted by Crippen LogP contribution is -2.25. The van der Waals surface area contributed by atoms with Crippen LogP contribution in [0.15, 0.2) is 12.1 Å². The predicted molar refractivity (Wildman–Crippen MR) is 104 cm³/mol. The maximum absolute atomic E-state index is 14.1. The zero-order chi connectivity index (χ0) is 19.6. The molecule has 27 heavy (non-hydrogen) atoms. The van der Waals surface area contributed by atoms with Gasteiger partial charge in [0.2, 0.25) is 0 Å². The molecule has 0 bridgehead atoms. The van der Waals surface area contributed by atoms with Crippen LogP contribution in [0.1, 0.15) is 88.2 Å². The van der Waals surface area contributed by atoms with E-state index >= 15 is 0 Å². The molecule has 2 fully saturated rings. The number of alkyl halides is 3. The number of halogens is 5. The van der Waals surface area contributed by atoms with E-state index in [-0.39, 0.29) is 5.92 Å². The van der Waals surface area contributed by atoms with Crippen LogP contribution in [0.5, 0.6) is 0 Å². The average molecular weight is 449 g/mol. The Morgan fingerprint density at radius 2 is 1.37 bits per heavy atom. The summed E-state index contributed by atoms with van der Waals surface area (Å²) in [6.45, 7) is 2.25. The van der Waals surface area contributed by atoms with E-state index in [1.54, 1.807) is 0 Å². The fourth-order valence-corrected chi connectivity index (χ4v) is 5.76. The SMILES string of the molecule is CCCC1CCC(C2CCC(c3cc(F)c(C(F)(F)Br)c(F)c3)CC2)CC1. The summed E-state index contributed by atoms with van der Waals surface area (Å²) in [5, 5.41) is 0. The maximum atomic E-state index is 14.1. The van der Waals surface area contributed by atoms with Crippen LogP contribution in [-0.2, 0) is 4.83 Å². The average Bonchev–Trinajstić information content (AvgIpc) is 2.61. The lowest BCUT2D eigenvalue weighted by atomic mass is 9.68. The zero-order valence-corrected chi connectivity index (χ0v) is 17.5. The van der Waals surface area contributed by atoms with Gasteiger partial charge in [-0.2, -0.15) is 8.78 Å². The summed E-state index contributed by atoms with van der Waals surface area (Å²) in [7, 11) is 0. The first-order chi connectivity index (χ1) is 12.8. The molecule has 0 aliphatic heterocycles. The van der Waals surface area contributed by atoms with Crippen LogP contribution in [-0.4, -0.2) is 0 Å². The molecule has 0 heterocycles. The van der Waals surface area contributed by atoms with Crippen LogP contribution < -0.4 is 0 Å². The van der Waals surface area contributed by atoms with Crippen molar-refractivity contribution in [3.63, 3.8) is 0 Å². The van der Waals surface area contributed by atoms with E-state index in [1.165, 1.54) is 38.5 Å². The minimum atomic E-state index is -3.69. The molecule has 152 valence electrons. The van der Waals surface area contributed by atoms with Gasteiger partial charge < -0.3 is 0 Å². The Hall–Kier alpha value is -0.580. The highest BCUT2D eigenvalue weighted by Gasteiger charge is 2.36. The van der Waals surface area contributed by atoms with Gasteiger partial charge >= 0.3 is 4.83 Å². The third-order valence-corrected chi connectivity index (χ3v) is 7.24. The summed E-state index contributed by atoms with van der Waals surface area (Å²) >= 11 is 2.06. The molecule has 0 unspecified atom stereocenters. The van der Waals surface area contributed by atoms with E-state index in [0.29, 0.717) is 11.5 Å². The largest absolute Gasteiger partial charge is 0.332 e. The van der Waals surface area contributed by atoms with Gasteiger partial charge in [-0.25, -0.2) is 8.78 Å². The molecule has 0 spiro atoms. The molecule has 0 saturated heterocycles. The summed E-state index contributed by atoms with van der Waals surface area (Å²) in [5.74, 6) is 0.150. The lowest BCUT2D eigenvalue weighted by molar-refractivity contribution is 0.105. The van der Waals surface area contributed by atoms with Crippen molar-refractivity contribution in [2.24, 2.45) is 17.8 Å². The number of rotatable bonds is 5. The van der Waals surface area contributed by atoms with E-state index in [9.17, 15) is 17.6 Å². The second kappa shape index (κ2) is 8.84. The molecule has 2 aliphatic carbocycles. The third-order valence-electron chi connectivity index (χ3n) is 6.85. The van der Waals surface area contributed by atoms with Gasteiger partial charge in [0.15, 0.2) is 0 Å². The predicted octanol–water partition coefficient (Wildman–Crippen LogP) is 8.29. The fourth-order valence-electron chi connectivity index (χ4n) is 5.38. The molecule has 0 atom stereocenters. The Bertz CT molecular complexity index is 601. The smallest absolute Gasteiger partial charge is 0.206 e. The quantitative estimate of drug-likeness (QED) is 0.313. The maximum Gasteiger partial charge on any atom is 0.332 e. The van der Waals surface area contributed by atoms with Crippen LogP contribution in [0.3, 0.4) is 0 Å².